The first-order chi connectivity index (χ1) is 8.97. The van der Waals surface area contributed by atoms with E-state index in [0.717, 1.165) is 16.9 Å². The van der Waals surface area contributed by atoms with Crippen LogP contribution in [0.1, 0.15) is 25.5 Å². The van der Waals surface area contributed by atoms with E-state index in [4.69, 9.17) is 10.8 Å². The first-order valence-corrected chi connectivity index (χ1v) is 6.52. The summed E-state index contributed by atoms with van der Waals surface area (Å²) in [4.78, 5) is 15.5. The molecule has 0 saturated carbocycles. The zero-order valence-electron chi connectivity index (χ0n) is 11.6. The predicted octanol–water partition coefficient (Wildman–Crippen LogP) is 0.870. The lowest BCUT2D eigenvalue weighted by atomic mass is 10.1. The molecule has 5 heteroatoms. The van der Waals surface area contributed by atoms with Crippen molar-refractivity contribution in [1.29, 1.82) is 0 Å². The van der Waals surface area contributed by atoms with Crippen LogP contribution in [-0.2, 0) is 4.79 Å². The fourth-order valence-corrected chi connectivity index (χ4v) is 2.52. The van der Waals surface area contributed by atoms with Gasteiger partial charge in [-0.25, -0.2) is 0 Å². The zero-order chi connectivity index (χ0) is 14.2. The molecule has 0 saturated heterocycles. The molecule has 1 amide bonds. The standard InChI is InChI=1S/C14H21N3O2/c1-9(2)17(6-7-18)10-4-5-11-12(8-10)16(3)14(19)13(11)15/h4-5,8-9,13,18H,6-7,15H2,1-3H3. The molecule has 1 aliphatic rings. The molecule has 3 N–H and O–H groups in total. The van der Waals surface area contributed by atoms with Crippen LogP contribution in [0, 0.1) is 0 Å². The first kappa shape index (κ1) is 13.8. The molecule has 0 aliphatic carbocycles. The number of anilines is 2. The van der Waals surface area contributed by atoms with Crippen molar-refractivity contribution in [1.82, 2.24) is 0 Å². The van der Waals surface area contributed by atoms with E-state index in [1.165, 1.54) is 0 Å². The van der Waals surface area contributed by atoms with Crippen LogP contribution in [-0.4, -0.2) is 37.3 Å². The van der Waals surface area contributed by atoms with Crippen LogP contribution in [0.3, 0.4) is 0 Å². The van der Waals surface area contributed by atoms with Crippen LogP contribution in [0.4, 0.5) is 11.4 Å². The van der Waals surface area contributed by atoms with E-state index in [1.807, 2.05) is 18.2 Å². The maximum absolute atomic E-state index is 11.9. The normalized spacial score (nSPS) is 18.1. The fraction of sp³-hybridized carbons (Fsp3) is 0.500. The zero-order valence-corrected chi connectivity index (χ0v) is 11.6. The van der Waals surface area contributed by atoms with Gasteiger partial charge in [0, 0.05) is 30.9 Å². The Labute approximate surface area is 113 Å². The highest BCUT2D eigenvalue weighted by Gasteiger charge is 2.32. The van der Waals surface area contributed by atoms with Crippen molar-refractivity contribution in [3.63, 3.8) is 0 Å². The topological polar surface area (TPSA) is 69.8 Å². The molecule has 2 rings (SSSR count). The summed E-state index contributed by atoms with van der Waals surface area (Å²) in [5.41, 5.74) is 8.60. The van der Waals surface area contributed by atoms with Crippen LogP contribution in [0.5, 0.6) is 0 Å². The molecule has 1 atom stereocenters. The Hall–Kier alpha value is -1.59. The highest BCUT2D eigenvalue weighted by Crippen LogP contribution is 2.36. The summed E-state index contributed by atoms with van der Waals surface area (Å²) in [7, 11) is 1.74. The minimum atomic E-state index is -0.556. The minimum absolute atomic E-state index is 0.0783. The third-order valence-electron chi connectivity index (χ3n) is 3.60. The summed E-state index contributed by atoms with van der Waals surface area (Å²) in [5.74, 6) is -0.0783. The Morgan fingerprint density at radius 1 is 1.47 bits per heavy atom. The Morgan fingerprint density at radius 3 is 2.74 bits per heavy atom. The lowest BCUT2D eigenvalue weighted by Crippen LogP contribution is -2.33. The third kappa shape index (κ3) is 2.31. The molecule has 0 spiro atoms. The smallest absolute Gasteiger partial charge is 0.248 e. The molecule has 1 aromatic carbocycles. The van der Waals surface area contributed by atoms with E-state index >= 15 is 0 Å². The number of hydrogen-bond acceptors (Lipinski definition) is 4. The highest BCUT2D eigenvalue weighted by atomic mass is 16.3. The number of aliphatic hydroxyl groups excluding tert-OH is 1. The number of carbonyl (C=O) groups is 1. The van der Waals surface area contributed by atoms with Crippen LogP contribution in [0.2, 0.25) is 0 Å². The second-order valence-electron chi connectivity index (χ2n) is 5.13. The van der Waals surface area contributed by atoms with E-state index in [9.17, 15) is 4.79 Å². The third-order valence-corrected chi connectivity index (χ3v) is 3.60. The second-order valence-corrected chi connectivity index (χ2v) is 5.13. The number of nitrogens with two attached hydrogens (primary N) is 1. The summed E-state index contributed by atoms with van der Waals surface area (Å²) >= 11 is 0. The van der Waals surface area contributed by atoms with Gasteiger partial charge >= 0.3 is 0 Å². The number of rotatable bonds is 4. The maximum Gasteiger partial charge on any atom is 0.248 e. The summed E-state index contributed by atoms with van der Waals surface area (Å²) < 4.78 is 0. The monoisotopic (exact) mass is 263 g/mol. The largest absolute Gasteiger partial charge is 0.395 e. The van der Waals surface area contributed by atoms with Gasteiger partial charge in [-0.2, -0.15) is 0 Å². The molecule has 1 heterocycles. The van der Waals surface area contributed by atoms with Gasteiger partial charge < -0.3 is 20.6 Å². The van der Waals surface area contributed by atoms with E-state index in [-0.39, 0.29) is 18.6 Å². The van der Waals surface area contributed by atoms with Crippen molar-refractivity contribution in [2.75, 3.05) is 30.0 Å². The van der Waals surface area contributed by atoms with Crippen molar-refractivity contribution in [2.45, 2.75) is 25.9 Å². The van der Waals surface area contributed by atoms with Gasteiger partial charge in [0.2, 0.25) is 5.91 Å². The van der Waals surface area contributed by atoms with E-state index < -0.39 is 6.04 Å². The van der Waals surface area contributed by atoms with Gasteiger partial charge in [-0.05, 0) is 26.0 Å². The Morgan fingerprint density at radius 2 is 2.16 bits per heavy atom. The predicted molar refractivity (Wildman–Crippen MR) is 76.3 cm³/mol. The number of hydrogen-bond donors (Lipinski definition) is 2. The van der Waals surface area contributed by atoms with Crippen molar-refractivity contribution in [3.8, 4) is 0 Å². The van der Waals surface area contributed by atoms with Gasteiger partial charge in [0.15, 0.2) is 0 Å². The molecule has 1 unspecified atom stereocenters. The number of amides is 1. The highest BCUT2D eigenvalue weighted by molar-refractivity contribution is 6.04. The van der Waals surface area contributed by atoms with E-state index in [2.05, 4.69) is 18.7 Å². The number of likely N-dealkylation sites (N-methyl/N-ethyl adjacent to an activating group) is 1. The summed E-state index contributed by atoms with van der Waals surface area (Å²) in [6, 6.07) is 5.56. The maximum atomic E-state index is 11.9. The Bertz CT molecular complexity index is 488. The van der Waals surface area contributed by atoms with Gasteiger partial charge in [0.05, 0.1) is 12.3 Å². The Kier molecular flexibility index (Phi) is 3.78. The molecule has 19 heavy (non-hydrogen) atoms. The second kappa shape index (κ2) is 5.19. The molecule has 0 bridgehead atoms. The lowest BCUT2D eigenvalue weighted by Gasteiger charge is -2.29. The number of benzene rings is 1. The van der Waals surface area contributed by atoms with Crippen molar-refractivity contribution >= 4 is 17.3 Å². The van der Waals surface area contributed by atoms with Gasteiger partial charge in [-0.1, -0.05) is 6.07 Å². The van der Waals surface area contributed by atoms with Gasteiger partial charge in [-0.15, -0.1) is 0 Å². The molecular weight excluding hydrogens is 242 g/mol. The van der Waals surface area contributed by atoms with E-state index in [0.29, 0.717) is 6.54 Å². The van der Waals surface area contributed by atoms with Gasteiger partial charge in [0.25, 0.3) is 0 Å². The summed E-state index contributed by atoms with van der Waals surface area (Å²) in [6.45, 7) is 4.82. The number of nitrogens with zero attached hydrogens (tertiary/aromatic N) is 2. The molecule has 0 radical (unpaired) electrons. The molecule has 104 valence electrons. The molecular formula is C14H21N3O2. The van der Waals surface area contributed by atoms with Crippen molar-refractivity contribution < 1.29 is 9.90 Å². The average Bonchev–Trinajstić information content (AvgIpc) is 2.60. The quantitative estimate of drug-likeness (QED) is 0.845. The summed E-state index contributed by atoms with van der Waals surface area (Å²) in [5, 5.41) is 9.15. The van der Waals surface area contributed by atoms with Crippen LogP contribution in [0.25, 0.3) is 0 Å². The lowest BCUT2D eigenvalue weighted by molar-refractivity contribution is -0.118. The molecule has 0 aromatic heterocycles. The van der Waals surface area contributed by atoms with Crippen LogP contribution >= 0.6 is 0 Å². The molecule has 0 fully saturated rings. The van der Waals surface area contributed by atoms with Crippen molar-refractivity contribution in [3.05, 3.63) is 23.8 Å². The Balaban J connectivity index is 2.39. The first-order valence-electron chi connectivity index (χ1n) is 6.52. The minimum Gasteiger partial charge on any atom is -0.395 e. The van der Waals surface area contributed by atoms with Gasteiger partial charge in [-0.3, -0.25) is 4.79 Å². The molecule has 1 aromatic rings. The number of carbonyl (C=O) groups excluding carboxylic acids is 1. The summed E-state index contributed by atoms with van der Waals surface area (Å²) in [6.07, 6.45) is 0. The average molecular weight is 263 g/mol. The van der Waals surface area contributed by atoms with E-state index in [1.54, 1.807) is 11.9 Å². The molecule has 5 nitrogen and oxygen atoms in total. The molecule has 1 aliphatic heterocycles. The van der Waals surface area contributed by atoms with Crippen molar-refractivity contribution in [2.24, 2.45) is 5.73 Å². The van der Waals surface area contributed by atoms with Crippen LogP contribution < -0.4 is 15.5 Å². The fourth-order valence-electron chi connectivity index (χ4n) is 2.52. The SMILES string of the molecule is CC(C)N(CCO)c1ccc2c(c1)N(C)C(=O)C2N. The number of fused-ring (bicyclic) bond motifs is 1. The number of aliphatic hydroxyl groups is 1. The van der Waals surface area contributed by atoms with Crippen LogP contribution in [0.15, 0.2) is 18.2 Å². The van der Waals surface area contributed by atoms with Gasteiger partial charge in [0.1, 0.15) is 6.04 Å².